The summed E-state index contributed by atoms with van der Waals surface area (Å²) in [5.41, 5.74) is 10.1. The van der Waals surface area contributed by atoms with Gasteiger partial charge < -0.3 is 21.4 Å². The van der Waals surface area contributed by atoms with Gasteiger partial charge >= 0.3 is 0 Å². The van der Waals surface area contributed by atoms with Gasteiger partial charge in [0.05, 0.1) is 21.9 Å². The lowest BCUT2D eigenvalue weighted by molar-refractivity contribution is 0.0963. The zero-order chi connectivity index (χ0) is 20.5. The van der Waals surface area contributed by atoms with Crippen molar-refractivity contribution >= 4 is 45.6 Å². The number of fused-ring (bicyclic) bond motifs is 1. The number of halogens is 2. The molecule has 0 fully saturated rings. The van der Waals surface area contributed by atoms with Gasteiger partial charge in [0.2, 0.25) is 0 Å². The minimum Gasteiger partial charge on any atom is -0.384 e. The highest BCUT2D eigenvalue weighted by molar-refractivity contribution is 6.31. The highest BCUT2D eigenvalue weighted by atomic mass is 35.5. The second kappa shape index (κ2) is 7.44. The molecule has 0 aliphatic heterocycles. The largest absolute Gasteiger partial charge is 0.384 e. The summed E-state index contributed by atoms with van der Waals surface area (Å²) < 4.78 is 13.4. The Balaban J connectivity index is 1.80. The molecule has 29 heavy (non-hydrogen) atoms. The number of pyridine rings is 1. The van der Waals surface area contributed by atoms with E-state index in [0.29, 0.717) is 28.5 Å². The van der Waals surface area contributed by atoms with Gasteiger partial charge in [0.25, 0.3) is 5.91 Å². The minimum absolute atomic E-state index is 0.0155. The number of anilines is 3. The SMILES string of the molecule is CNC(=O)c1cccc(-c2nccc3c(Nc4ccc(F)c(Cl)c4)c(N)[nH]c23)c1. The maximum absolute atomic E-state index is 13.4. The summed E-state index contributed by atoms with van der Waals surface area (Å²) in [6, 6.07) is 13.3. The van der Waals surface area contributed by atoms with Gasteiger partial charge in [0.1, 0.15) is 11.6 Å². The average Bonchev–Trinajstić information content (AvgIpc) is 3.05. The quantitative estimate of drug-likeness (QED) is 0.392. The summed E-state index contributed by atoms with van der Waals surface area (Å²) in [6.07, 6.45) is 1.67. The number of aromatic amines is 1. The van der Waals surface area contributed by atoms with Gasteiger partial charge in [-0.25, -0.2) is 4.39 Å². The normalized spacial score (nSPS) is 10.9. The molecule has 4 aromatic rings. The van der Waals surface area contributed by atoms with Crippen LogP contribution >= 0.6 is 11.6 Å². The average molecular weight is 410 g/mol. The Morgan fingerprint density at radius 1 is 1.21 bits per heavy atom. The van der Waals surface area contributed by atoms with Crippen LogP contribution in [0.4, 0.5) is 21.6 Å². The Labute approximate surface area is 170 Å². The molecule has 1 amide bonds. The Morgan fingerprint density at radius 2 is 2.03 bits per heavy atom. The van der Waals surface area contributed by atoms with Crippen LogP contribution in [-0.2, 0) is 0 Å². The van der Waals surface area contributed by atoms with Crippen LogP contribution in [0, 0.1) is 5.82 Å². The zero-order valence-electron chi connectivity index (χ0n) is 15.4. The smallest absolute Gasteiger partial charge is 0.251 e. The number of hydrogen-bond donors (Lipinski definition) is 4. The standard InChI is InChI=1S/C21H17ClFN5O/c1-25-21(29)12-4-2-3-11(9-12)17-18-14(7-8-26-17)19(20(24)28-18)27-13-5-6-16(23)15(22)10-13/h2-10,27-28H,24H2,1H3,(H,25,29). The molecule has 8 heteroatoms. The van der Waals surface area contributed by atoms with E-state index in [1.165, 1.54) is 12.1 Å². The molecule has 2 aromatic carbocycles. The molecule has 146 valence electrons. The summed E-state index contributed by atoms with van der Waals surface area (Å²) in [5, 5.41) is 6.61. The number of nitrogen functional groups attached to an aromatic ring is 1. The number of carbonyl (C=O) groups is 1. The van der Waals surface area contributed by atoms with Crippen LogP contribution in [0.1, 0.15) is 10.4 Å². The molecule has 0 atom stereocenters. The zero-order valence-corrected chi connectivity index (χ0v) is 16.1. The first-order valence-electron chi connectivity index (χ1n) is 8.78. The van der Waals surface area contributed by atoms with E-state index in [-0.39, 0.29) is 10.9 Å². The maximum Gasteiger partial charge on any atom is 0.251 e. The van der Waals surface area contributed by atoms with Crippen molar-refractivity contribution in [3.05, 3.63) is 71.1 Å². The number of nitrogens with two attached hydrogens (primary N) is 1. The number of nitrogens with zero attached hydrogens (tertiary/aromatic N) is 1. The maximum atomic E-state index is 13.4. The lowest BCUT2D eigenvalue weighted by Crippen LogP contribution is -2.17. The van der Waals surface area contributed by atoms with E-state index in [1.807, 2.05) is 12.1 Å². The molecule has 0 aliphatic rings. The topological polar surface area (TPSA) is 95.8 Å². The predicted molar refractivity (Wildman–Crippen MR) is 114 cm³/mol. The molecule has 2 heterocycles. The van der Waals surface area contributed by atoms with Gasteiger partial charge in [0.15, 0.2) is 0 Å². The van der Waals surface area contributed by atoms with Gasteiger partial charge in [-0.3, -0.25) is 9.78 Å². The van der Waals surface area contributed by atoms with Gasteiger partial charge in [-0.1, -0.05) is 23.7 Å². The summed E-state index contributed by atoms with van der Waals surface area (Å²) in [5.74, 6) is -0.274. The summed E-state index contributed by atoms with van der Waals surface area (Å²) in [4.78, 5) is 19.6. The molecule has 0 spiro atoms. The highest BCUT2D eigenvalue weighted by Crippen LogP contribution is 2.37. The Morgan fingerprint density at radius 3 is 2.79 bits per heavy atom. The fourth-order valence-electron chi connectivity index (χ4n) is 3.16. The number of carbonyl (C=O) groups excluding carboxylic acids is 1. The van der Waals surface area contributed by atoms with Crippen molar-refractivity contribution in [2.75, 3.05) is 18.1 Å². The third kappa shape index (κ3) is 3.48. The number of amides is 1. The second-order valence-electron chi connectivity index (χ2n) is 6.41. The van der Waals surface area contributed by atoms with Crippen molar-refractivity contribution in [3.8, 4) is 11.3 Å². The molecule has 0 saturated heterocycles. The molecular weight excluding hydrogens is 393 g/mol. The molecule has 0 radical (unpaired) electrons. The predicted octanol–water partition coefficient (Wildman–Crippen LogP) is 4.71. The fourth-order valence-corrected chi connectivity index (χ4v) is 3.34. The number of hydrogen-bond acceptors (Lipinski definition) is 4. The molecule has 2 aromatic heterocycles. The van der Waals surface area contributed by atoms with Crippen molar-refractivity contribution in [2.45, 2.75) is 0 Å². The van der Waals surface area contributed by atoms with Crippen LogP contribution in [0.15, 0.2) is 54.7 Å². The number of nitrogens with one attached hydrogen (secondary N) is 3. The molecule has 4 rings (SSSR count). The molecule has 6 nitrogen and oxygen atoms in total. The summed E-state index contributed by atoms with van der Waals surface area (Å²) in [6.45, 7) is 0. The van der Waals surface area contributed by atoms with E-state index in [2.05, 4.69) is 20.6 Å². The Bertz CT molecular complexity index is 1240. The fraction of sp³-hybridized carbons (Fsp3) is 0.0476. The highest BCUT2D eigenvalue weighted by Gasteiger charge is 2.16. The minimum atomic E-state index is -0.494. The number of aromatic nitrogens is 2. The second-order valence-corrected chi connectivity index (χ2v) is 6.82. The molecule has 5 N–H and O–H groups in total. The van der Waals surface area contributed by atoms with Crippen LogP contribution in [-0.4, -0.2) is 22.9 Å². The van der Waals surface area contributed by atoms with Crippen LogP contribution in [0.3, 0.4) is 0 Å². The van der Waals surface area contributed by atoms with Gasteiger partial charge in [-0.2, -0.15) is 0 Å². The molecular formula is C21H17ClFN5O. The van der Waals surface area contributed by atoms with Crippen molar-refractivity contribution in [1.82, 2.24) is 15.3 Å². The van der Waals surface area contributed by atoms with Gasteiger partial charge in [0, 0.05) is 35.4 Å². The van der Waals surface area contributed by atoms with E-state index >= 15 is 0 Å². The van der Waals surface area contributed by atoms with E-state index in [1.54, 1.807) is 37.5 Å². The van der Waals surface area contributed by atoms with E-state index < -0.39 is 5.82 Å². The lowest BCUT2D eigenvalue weighted by atomic mass is 10.1. The van der Waals surface area contributed by atoms with E-state index in [9.17, 15) is 9.18 Å². The van der Waals surface area contributed by atoms with Crippen molar-refractivity contribution in [2.24, 2.45) is 0 Å². The van der Waals surface area contributed by atoms with Crippen molar-refractivity contribution < 1.29 is 9.18 Å². The van der Waals surface area contributed by atoms with Crippen LogP contribution in [0.5, 0.6) is 0 Å². The molecule has 0 bridgehead atoms. The number of rotatable bonds is 4. The van der Waals surface area contributed by atoms with Crippen molar-refractivity contribution in [3.63, 3.8) is 0 Å². The Hall–Kier alpha value is -3.58. The summed E-state index contributed by atoms with van der Waals surface area (Å²) in [7, 11) is 1.58. The van der Waals surface area contributed by atoms with Crippen LogP contribution in [0.2, 0.25) is 5.02 Å². The molecule has 0 unspecified atom stereocenters. The first-order valence-corrected chi connectivity index (χ1v) is 9.16. The Kier molecular flexibility index (Phi) is 4.82. The monoisotopic (exact) mass is 409 g/mol. The van der Waals surface area contributed by atoms with E-state index in [4.69, 9.17) is 17.3 Å². The first kappa shape index (κ1) is 18.8. The third-order valence-corrected chi connectivity index (χ3v) is 4.85. The van der Waals surface area contributed by atoms with E-state index in [0.717, 1.165) is 16.5 Å². The number of H-pyrrole nitrogens is 1. The van der Waals surface area contributed by atoms with Gasteiger partial charge in [-0.05, 0) is 36.4 Å². The molecule has 0 saturated carbocycles. The van der Waals surface area contributed by atoms with Crippen LogP contribution < -0.4 is 16.4 Å². The first-order chi connectivity index (χ1) is 14.0. The van der Waals surface area contributed by atoms with Crippen molar-refractivity contribution in [1.29, 1.82) is 0 Å². The van der Waals surface area contributed by atoms with Crippen LogP contribution in [0.25, 0.3) is 22.2 Å². The summed E-state index contributed by atoms with van der Waals surface area (Å²) >= 11 is 5.87. The molecule has 0 aliphatic carbocycles. The third-order valence-electron chi connectivity index (χ3n) is 4.56. The number of benzene rings is 2. The van der Waals surface area contributed by atoms with Gasteiger partial charge in [-0.15, -0.1) is 0 Å². The lowest BCUT2D eigenvalue weighted by Gasteiger charge is -2.08.